The lowest BCUT2D eigenvalue weighted by Crippen LogP contribution is -2.44. The molecule has 1 aliphatic carbocycles. The van der Waals surface area contributed by atoms with Gasteiger partial charge in [0.25, 0.3) is 0 Å². The van der Waals surface area contributed by atoms with E-state index in [1.54, 1.807) is 0 Å². The molecule has 0 aliphatic heterocycles. The number of urea groups is 1. The van der Waals surface area contributed by atoms with E-state index in [1.165, 1.54) is 12.8 Å². The Kier molecular flexibility index (Phi) is 7.04. The number of unbranched alkanes of at least 4 members (excludes halogenated alkanes) is 1. The minimum atomic E-state index is -0.867. The summed E-state index contributed by atoms with van der Waals surface area (Å²) in [5.74, 6) is -0.491. The Hall–Kier alpha value is -1.59. The highest BCUT2D eigenvalue weighted by Gasteiger charge is 2.25. The minimum absolute atomic E-state index is 0.0543. The molecule has 1 aliphatic rings. The maximum absolute atomic E-state index is 11.6. The summed E-state index contributed by atoms with van der Waals surface area (Å²) in [6.07, 6.45) is 5.48. The molecule has 0 saturated heterocycles. The molecule has 3 N–H and O–H groups in total. The van der Waals surface area contributed by atoms with E-state index in [1.807, 2.05) is 6.92 Å². The number of carbonyl (C=O) groups is 3. The van der Waals surface area contributed by atoms with Crippen molar-refractivity contribution in [3.63, 3.8) is 0 Å². The van der Waals surface area contributed by atoms with Crippen LogP contribution in [0.5, 0.6) is 0 Å². The Bertz CT molecular complexity index is 353. The standard InChI is InChI=1S/C14H24N2O4/c1-2-11(9-10-7-8-10)15-14(20)16-12(17)5-3-4-6-13(18)19/h10-11H,2-9H2,1H3,(H,18,19)(H2,15,16,17,20). The van der Waals surface area contributed by atoms with Gasteiger partial charge in [-0.1, -0.05) is 19.8 Å². The van der Waals surface area contributed by atoms with Gasteiger partial charge >= 0.3 is 12.0 Å². The van der Waals surface area contributed by atoms with Crippen molar-refractivity contribution in [1.82, 2.24) is 10.6 Å². The van der Waals surface area contributed by atoms with Gasteiger partial charge in [0.1, 0.15) is 0 Å². The zero-order chi connectivity index (χ0) is 15.0. The molecule has 0 radical (unpaired) electrons. The third-order valence-electron chi connectivity index (χ3n) is 3.44. The molecule has 0 spiro atoms. The number of carboxylic acid groups (broad SMARTS) is 1. The number of hydrogen-bond donors (Lipinski definition) is 3. The highest BCUT2D eigenvalue weighted by Crippen LogP contribution is 2.33. The van der Waals surface area contributed by atoms with Crippen molar-refractivity contribution >= 4 is 17.9 Å². The lowest BCUT2D eigenvalue weighted by molar-refractivity contribution is -0.137. The van der Waals surface area contributed by atoms with E-state index in [4.69, 9.17) is 5.11 Å². The van der Waals surface area contributed by atoms with Gasteiger partial charge in [0, 0.05) is 18.9 Å². The first-order chi connectivity index (χ1) is 9.51. The van der Waals surface area contributed by atoms with Gasteiger partial charge in [-0.2, -0.15) is 0 Å². The molecule has 1 unspecified atom stereocenters. The fraction of sp³-hybridized carbons (Fsp3) is 0.786. The zero-order valence-corrected chi connectivity index (χ0v) is 12.0. The molecule has 1 atom stereocenters. The van der Waals surface area contributed by atoms with Gasteiger partial charge in [0.2, 0.25) is 5.91 Å². The molecule has 6 nitrogen and oxygen atoms in total. The first-order valence-corrected chi connectivity index (χ1v) is 7.33. The maximum Gasteiger partial charge on any atom is 0.321 e. The number of amides is 3. The van der Waals surface area contributed by atoms with Gasteiger partial charge in [0.05, 0.1) is 0 Å². The van der Waals surface area contributed by atoms with E-state index in [0.717, 1.165) is 18.8 Å². The van der Waals surface area contributed by atoms with Crippen molar-refractivity contribution in [3.05, 3.63) is 0 Å². The summed E-state index contributed by atoms with van der Waals surface area (Å²) in [4.78, 5) is 33.4. The van der Waals surface area contributed by atoms with E-state index >= 15 is 0 Å². The lowest BCUT2D eigenvalue weighted by Gasteiger charge is -2.16. The molecule has 3 amide bonds. The van der Waals surface area contributed by atoms with Crippen molar-refractivity contribution in [1.29, 1.82) is 0 Å². The second-order valence-electron chi connectivity index (χ2n) is 5.41. The Morgan fingerprint density at radius 1 is 1.20 bits per heavy atom. The van der Waals surface area contributed by atoms with Crippen molar-refractivity contribution < 1.29 is 19.5 Å². The number of rotatable bonds is 9. The number of carbonyl (C=O) groups excluding carboxylic acids is 2. The molecule has 0 heterocycles. The highest BCUT2D eigenvalue weighted by molar-refractivity contribution is 5.94. The van der Waals surface area contributed by atoms with Crippen LogP contribution in [0.15, 0.2) is 0 Å². The third kappa shape index (κ3) is 7.76. The van der Waals surface area contributed by atoms with Crippen LogP contribution in [0.1, 0.15) is 58.3 Å². The number of nitrogens with one attached hydrogen (secondary N) is 2. The number of aliphatic carboxylic acids is 1. The second kappa shape index (κ2) is 8.55. The molecule has 0 aromatic rings. The molecule has 6 heteroatoms. The Morgan fingerprint density at radius 3 is 2.40 bits per heavy atom. The molecular weight excluding hydrogens is 260 g/mol. The summed E-state index contributed by atoms with van der Waals surface area (Å²) in [7, 11) is 0. The van der Waals surface area contributed by atoms with E-state index in [9.17, 15) is 14.4 Å². The highest BCUT2D eigenvalue weighted by atomic mass is 16.4. The van der Waals surface area contributed by atoms with E-state index < -0.39 is 12.0 Å². The molecule has 0 bridgehead atoms. The van der Waals surface area contributed by atoms with Crippen LogP contribution < -0.4 is 10.6 Å². The molecule has 1 saturated carbocycles. The Balaban J connectivity index is 2.12. The summed E-state index contributed by atoms with van der Waals surface area (Å²) < 4.78 is 0. The largest absolute Gasteiger partial charge is 0.481 e. The number of hydrogen-bond acceptors (Lipinski definition) is 3. The summed E-state index contributed by atoms with van der Waals surface area (Å²) in [6, 6.07) is -0.317. The van der Waals surface area contributed by atoms with Crippen molar-refractivity contribution in [2.24, 2.45) is 5.92 Å². The van der Waals surface area contributed by atoms with E-state index in [0.29, 0.717) is 12.8 Å². The Labute approximate surface area is 119 Å². The molecule has 1 fully saturated rings. The number of carboxylic acids is 1. The van der Waals surface area contributed by atoms with Crippen molar-refractivity contribution in [2.45, 2.75) is 64.3 Å². The normalized spacial score (nSPS) is 15.4. The lowest BCUT2D eigenvalue weighted by atomic mass is 10.1. The van der Waals surface area contributed by atoms with Crippen LogP contribution in [0.4, 0.5) is 4.79 Å². The summed E-state index contributed by atoms with van der Waals surface area (Å²) in [5, 5.41) is 13.6. The topological polar surface area (TPSA) is 95.5 Å². The fourth-order valence-corrected chi connectivity index (χ4v) is 2.06. The van der Waals surface area contributed by atoms with Gasteiger partial charge in [-0.05, 0) is 31.6 Å². The minimum Gasteiger partial charge on any atom is -0.481 e. The number of imide groups is 1. The predicted molar refractivity (Wildman–Crippen MR) is 74.2 cm³/mol. The van der Waals surface area contributed by atoms with E-state index in [2.05, 4.69) is 10.6 Å². The van der Waals surface area contributed by atoms with Crippen LogP contribution in [0.2, 0.25) is 0 Å². The Morgan fingerprint density at radius 2 is 1.85 bits per heavy atom. The van der Waals surface area contributed by atoms with Crippen LogP contribution in [-0.2, 0) is 9.59 Å². The third-order valence-corrected chi connectivity index (χ3v) is 3.44. The monoisotopic (exact) mass is 284 g/mol. The van der Waals surface area contributed by atoms with Crippen LogP contribution in [0, 0.1) is 5.92 Å². The first-order valence-electron chi connectivity index (χ1n) is 7.33. The molecule has 20 heavy (non-hydrogen) atoms. The van der Waals surface area contributed by atoms with E-state index in [-0.39, 0.29) is 24.8 Å². The predicted octanol–water partition coefficient (Wildman–Crippen LogP) is 2.04. The van der Waals surface area contributed by atoms with Gasteiger partial charge in [-0.15, -0.1) is 0 Å². The maximum atomic E-state index is 11.6. The van der Waals surface area contributed by atoms with Crippen molar-refractivity contribution in [2.75, 3.05) is 0 Å². The quantitative estimate of drug-likeness (QED) is 0.564. The molecule has 114 valence electrons. The molecule has 1 rings (SSSR count). The summed E-state index contributed by atoms with van der Waals surface area (Å²) in [6.45, 7) is 2.01. The second-order valence-corrected chi connectivity index (χ2v) is 5.41. The molecule has 0 aromatic heterocycles. The average molecular weight is 284 g/mol. The molecule has 0 aromatic carbocycles. The molecular formula is C14H24N2O4. The van der Waals surface area contributed by atoms with Gasteiger partial charge < -0.3 is 10.4 Å². The SMILES string of the molecule is CCC(CC1CC1)NC(=O)NC(=O)CCCCC(=O)O. The summed E-state index contributed by atoms with van der Waals surface area (Å²) in [5.41, 5.74) is 0. The van der Waals surface area contributed by atoms with Gasteiger partial charge in [0.15, 0.2) is 0 Å². The van der Waals surface area contributed by atoms with Crippen molar-refractivity contribution in [3.8, 4) is 0 Å². The smallest absolute Gasteiger partial charge is 0.321 e. The van der Waals surface area contributed by atoms with Gasteiger partial charge in [-0.3, -0.25) is 14.9 Å². The van der Waals surface area contributed by atoms with Crippen LogP contribution in [0.25, 0.3) is 0 Å². The van der Waals surface area contributed by atoms with Crippen LogP contribution in [-0.4, -0.2) is 29.1 Å². The van der Waals surface area contributed by atoms with Crippen LogP contribution in [0.3, 0.4) is 0 Å². The zero-order valence-electron chi connectivity index (χ0n) is 12.0. The fourth-order valence-electron chi connectivity index (χ4n) is 2.06. The van der Waals surface area contributed by atoms with Crippen LogP contribution >= 0.6 is 0 Å². The first kappa shape index (κ1) is 16.5. The summed E-state index contributed by atoms with van der Waals surface area (Å²) >= 11 is 0. The van der Waals surface area contributed by atoms with Gasteiger partial charge in [-0.25, -0.2) is 4.79 Å². The average Bonchev–Trinajstić information content (AvgIpc) is 3.17.